The fraction of sp³-hybridized carbons (Fsp3) is 0.308. The molecule has 1 nitrogen and oxygen atoms in total. The Morgan fingerprint density at radius 1 is 0.733 bits per heavy atom. The van der Waals surface area contributed by atoms with Crippen molar-refractivity contribution in [3.63, 3.8) is 0 Å². The maximum Gasteiger partial charge on any atom is 0.389 e. The van der Waals surface area contributed by atoms with Crippen LogP contribution in [0.25, 0.3) is 11.1 Å². The van der Waals surface area contributed by atoms with Gasteiger partial charge in [-0.25, -0.2) is 0 Å². The average molecular weight is 412 g/mol. The summed E-state index contributed by atoms with van der Waals surface area (Å²) in [6, 6.07) is 25.6. The van der Waals surface area contributed by atoms with Crippen molar-refractivity contribution in [3.8, 4) is 16.9 Å². The van der Waals surface area contributed by atoms with Gasteiger partial charge >= 0.3 is 6.18 Å². The topological polar surface area (TPSA) is 9.23 Å². The third-order valence-corrected chi connectivity index (χ3v) is 5.14. The van der Waals surface area contributed by atoms with E-state index in [0.717, 1.165) is 16.7 Å². The van der Waals surface area contributed by atoms with Gasteiger partial charge in [-0.1, -0.05) is 80.6 Å². The van der Waals surface area contributed by atoms with E-state index in [-0.39, 0.29) is 6.42 Å². The third-order valence-electron chi connectivity index (χ3n) is 5.14. The maximum atomic E-state index is 12.6. The van der Waals surface area contributed by atoms with Gasteiger partial charge in [0.15, 0.2) is 0 Å². The van der Waals surface area contributed by atoms with E-state index in [4.69, 9.17) is 4.74 Å². The van der Waals surface area contributed by atoms with Crippen LogP contribution in [-0.2, 0) is 0 Å². The smallest absolute Gasteiger partial charge is 0.389 e. The van der Waals surface area contributed by atoms with Gasteiger partial charge in [0.1, 0.15) is 11.9 Å². The molecule has 0 N–H and O–H groups in total. The summed E-state index contributed by atoms with van der Waals surface area (Å²) in [6.45, 7) is 4.33. The molecule has 1 unspecified atom stereocenters. The fourth-order valence-corrected chi connectivity index (χ4v) is 3.40. The molecule has 3 rings (SSSR count). The Labute approximate surface area is 176 Å². The van der Waals surface area contributed by atoms with E-state index >= 15 is 0 Å². The molecule has 1 atom stereocenters. The number of rotatable bonds is 8. The Hall–Kier alpha value is -2.75. The first-order chi connectivity index (χ1) is 14.3. The van der Waals surface area contributed by atoms with Crippen molar-refractivity contribution < 1.29 is 17.9 Å². The molecule has 0 amide bonds. The fourth-order valence-electron chi connectivity index (χ4n) is 3.40. The van der Waals surface area contributed by atoms with E-state index in [1.807, 2.05) is 54.6 Å². The maximum absolute atomic E-state index is 12.6. The van der Waals surface area contributed by atoms with Crippen molar-refractivity contribution in [1.29, 1.82) is 0 Å². The van der Waals surface area contributed by atoms with E-state index < -0.39 is 18.7 Å². The molecule has 0 spiro atoms. The lowest BCUT2D eigenvalue weighted by Crippen LogP contribution is -2.11. The van der Waals surface area contributed by atoms with Crippen molar-refractivity contribution in [3.05, 3.63) is 90.0 Å². The minimum atomic E-state index is -4.14. The van der Waals surface area contributed by atoms with Crippen LogP contribution < -0.4 is 4.74 Å². The minimum Gasteiger partial charge on any atom is -0.486 e. The van der Waals surface area contributed by atoms with E-state index in [0.29, 0.717) is 18.1 Å². The van der Waals surface area contributed by atoms with Gasteiger partial charge in [0.25, 0.3) is 0 Å². The van der Waals surface area contributed by atoms with Gasteiger partial charge in [0, 0.05) is 6.42 Å². The standard InChI is InChI=1S/C26H27F3O/c1-19(2)20-10-12-21(13-11-20)22-14-16-24(17-15-22)30-25(9-6-18-26(27,28)29)23-7-4-3-5-8-23/h3-5,7-8,10-17,19,25H,6,9,18H2,1-2H3. The van der Waals surface area contributed by atoms with Gasteiger partial charge < -0.3 is 4.74 Å². The summed E-state index contributed by atoms with van der Waals surface area (Å²) < 4.78 is 43.8. The molecule has 4 heteroatoms. The first kappa shape index (κ1) is 21.9. The summed E-state index contributed by atoms with van der Waals surface area (Å²) in [5.41, 5.74) is 4.37. The number of hydrogen-bond acceptors (Lipinski definition) is 1. The highest BCUT2D eigenvalue weighted by molar-refractivity contribution is 5.64. The van der Waals surface area contributed by atoms with Crippen LogP contribution in [0.15, 0.2) is 78.9 Å². The Balaban J connectivity index is 1.71. The number of alkyl halides is 3. The molecule has 0 aliphatic rings. The lowest BCUT2D eigenvalue weighted by molar-refractivity contribution is -0.136. The van der Waals surface area contributed by atoms with Gasteiger partial charge in [-0.3, -0.25) is 0 Å². The molecule has 0 saturated heterocycles. The van der Waals surface area contributed by atoms with Crippen LogP contribution in [0.2, 0.25) is 0 Å². The summed E-state index contributed by atoms with van der Waals surface area (Å²) in [5, 5.41) is 0. The SMILES string of the molecule is CC(C)c1ccc(-c2ccc(OC(CCCC(F)(F)F)c3ccccc3)cc2)cc1. The van der Waals surface area contributed by atoms with Crippen LogP contribution in [0.1, 0.15) is 56.3 Å². The predicted octanol–water partition coefficient (Wildman–Crippen LogP) is 8.33. The predicted molar refractivity (Wildman–Crippen MR) is 116 cm³/mol. The lowest BCUT2D eigenvalue weighted by atomic mass is 9.99. The van der Waals surface area contributed by atoms with Crippen molar-refractivity contribution in [1.82, 2.24) is 0 Å². The normalized spacial score (nSPS) is 12.7. The highest BCUT2D eigenvalue weighted by atomic mass is 19.4. The molecule has 0 saturated carbocycles. The molecule has 0 fully saturated rings. The minimum absolute atomic E-state index is 0.0311. The van der Waals surface area contributed by atoms with Crippen LogP contribution >= 0.6 is 0 Å². The van der Waals surface area contributed by atoms with Crippen LogP contribution in [0.3, 0.4) is 0 Å². The largest absolute Gasteiger partial charge is 0.486 e. The monoisotopic (exact) mass is 412 g/mol. The molecule has 3 aromatic rings. The van der Waals surface area contributed by atoms with Crippen LogP contribution in [0.4, 0.5) is 13.2 Å². The van der Waals surface area contributed by atoms with Crippen LogP contribution in [0, 0.1) is 0 Å². The summed E-state index contributed by atoms with van der Waals surface area (Å²) in [5.74, 6) is 1.14. The van der Waals surface area contributed by atoms with Crippen molar-refractivity contribution in [2.75, 3.05) is 0 Å². The zero-order chi connectivity index (χ0) is 21.6. The molecule has 158 valence electrons. The number of benzene rings is 3. The van der Waals surface area contributed by atoms with Gasteiger partial charge in [-0.05, 0) is 53.1 Å². The van der Waals surface area contributed by atoms with E-state index in [1.54, 1.807) is 0 Å². The number of halogens is 3. The Bertz CT molecular complexity index is 898. The quantitative estimate of drug-likeness (QED) is 0.361. The highest BCUT2D eigenvalue weighted by Crippen LogP contribution is 2.31. The van der Waals surface area contributed by atoms with Gasteiger partial charge in [0.05, 0.1) is 0 Å². The van der Waals surface area contributed by atoms with Gasteiger partial charge in [0.2, 0.25) is 0 Å². The second kappa shape index (κ2) is 9.84. The molecule has 0 aliphatic heterocycles. The molecular weight excluding hydrogens is 385 g/mol. The summed E-state index contributed by atoms with van der Waals surface area (Å²) in [7, 11) is 0. The second-order valence-electron chi connectivity index (χ2n) is 7.83. The molecule has 30 heavy (non-hydrogen) atoms. The van der Waals surface area contributed by atoms with Gasteiger partial charge in [-0.15, -0.1) is 0 Å². The highest BCUT2D eigenvalue weighted by Gasteiger charge is 2.27. The lowest BCUT2D eigenvalue weighted by Gasteiger charge is -2.20. The molecule has 3 aromatic carbocycles. The summed E-state index contributed by atoms with van der Waals surface area (Å²) >= 11 is 0. The Morgan fingerprint density at radius 2 is 1.30 bits per heavy atom. The van der Waals surface area contributed by atoms with E-state index in [9.17, 15) is 13.2 Å². The zero-order valence-electron chi connectivity index (χ0n) is 17.3. The third kappa shape index (κ3) is 6.38. The molecule has 0 aliphatic carbocycles. The molecule has 0 radical (unpaired) electrons. The van der Waals surface area contributed by atoms with Crippen molar-refractivity contribution >= 4 is 0 Å². The van der Waals surface area contributed by atoms with E-state index in [2.05, 4.69) is 38.1 Å². The summed E-state index contributed by atoms with van der Waals surface area (Å²) in [6.07, 6.45) is -5.02. The summed E-state index contributed by atoms with van der Waals surface area (Å²) in [4.78, 5) is 0. The van der Waals surface area contributed by atoms with Crippen molar-refractivity contribution in [2.45, 2.75) is 51.3 Å². The molecule has 0 heterocycles. The number of ether oxygens (including phenoxy) is 1. The Morgan fingerprint density at radius 3 is 1.83 bits per heavy atom. The average Bonchev–Trinajstić information content (AvgIpc) is 2.73. The second-order valence-corrected chi connectivity index (χ2v) is 7.83. The van der Waals surface area contributed by atoms with Gasteiger partial charge in [-0.2, -0.15) is 13.2 Å². The van der Waals surface area contributed by atoms with Crippen molar-refractivity contribution in [2.24, 2.45) is 0 Å². The first-order valence-electron chi connectivity index (χ1n) is 10.3. The van der Waals surface area contributed by atoms with Crippen LogP contribution in [0.5, 0.6) is 5.75 Å². The zero-order valence-corrected chi connectivity index (χ0v) is 17.3. The molecular formula is C26H27F3O. The molecule has 0 bridgehead atoms. The molecule has 0 aromatic heterocycles. The first-order valence-corrected chi connectivity index (χ1v) is 10.3. The Kier molecular flexibility index (Phi) is 7.20. The number of hydrogen-bond donors (Lipinski definition) is 0. The van der Waals surface area contributed by atoms with E-state index in [1.165, 1.54) is 5.56 Å². The van der Waals surface area contributed by atoms with Crippen LogP contribution in [-0.4, -0.2) is 6.18 Å².